The second-order valence-electron chi connectivity index (χ2n) is 6.04. The fraction of sp³-hybridized carbons (Fsp3) is 0.692. The van der Waals surface area contributed by atoms with Crippen molar-refractivity contribution in [2.24, 2.45) is 28.6 Å². The van der Waals surface area contributed by atoms with Gasteiger partial charge in [0, 0.05) is 5.41 Å². The number of ether oxygens (including phenoxy) is 1. The summed E-state index contributed by atoms with van der Waals surface area (Å²) < 4.78 is 4.80. The van der Waals surface area contributed by atoms with Gasteiger partial charge in [0.1, 0.15) is 0 Å². The first-order valence-electron chi connectivity index (χ1n) is 5.76. The normalized spacial score (nSPS) is 48.0. The third-order valence-electron chi connectivity index (χ3n) is 5.52. The predicted molar refractivity (Wildman–Crippen MR) is 57.2 cm³/mol. The fourth-order valence-electron chi connectivity index (χ4n) is 4.17. The number of hydrogen-bond donors (Lipinski definition) is 0. The Balaban J connectivity index is 2.24. The van der Waals surface area contributed by atoms with Crippen LogP contribution < -0.4 is 0 Å². The van der Waals surface area contributed by atoms with Crippen LogP contribution in [-0.2, 0) is 14.3 Å². The number of carbonyl (C=O) groups excluding carboxylic acids is 2. The molecule has 0 aromatic rings. The van der Waals surface area contributed by atoms with Gasteiger partial charge in [0.25, 0.3) is 0 Å². The summed E-state index contributed by atoms with van der Waals surface area (Å²) in [5, 5.41) is 0. The molecule has 2 aliphatic carbocycles. The molecule has 3 aliphatic rings. The number of esters is 2. The Labute approximate surface area is 94.8 Å². The SMILES string of the molecule is CC1=CC2C3C(=O)OC(=O)C3C1(C)C2(C)C. The molecular formula is C13H16O3. The monoisotopic (exact) mass is 220 g/mol. The maximum absolute atomic E-state index is 11.8. The molecule has 0 aromatic heterocycles. The quantitative estimate of drug-likeness (QED) is 0.356. The first-order valence-corrected chi connectivity index (χ1v) is 5.76. The smallest absolute Gasteiger partial charge is 0.318 e. The summed E-state index contributed by atoms with van der Waals surface area (Å²) in [6.07, 6.45) is 2.17. The van der Waals surface area contributed by atoms with E-state index in [0.717, 1.165) is 0 Å². The molecule has 16 heavy (non-hydrogen) atoms. The van der Waals surface area contributed by atoms with Crippen LogP contribution in [0.1, 0.15) is 27.7 Å². The summed E-state index contributed by atoms with van der Waals surface area (Å²) in [7, 11) is 0. The predicted octanol–water partition coefficient (Wildman–Crippen LogP) is 1.92. The van der Waals surface area contributed by atoms with Crippen LogP contribution in [0.15, 0.2) is 11.6 Å². The van der Waals surface area contributed by atoms with Crippen molar-refractivity contribution < 1.29 is 14.3 Å². The van der Waals surface area contributed by atoms with E-state index in [0.29, 0.717) is 0 Å². The standard InChI is InChI=1S/C13H16O3/c1-6-5-7-8-9(11(15)16-10(8)14)13(6,4)12(7,2)3/h5,7-9H,1-4H3. The van der Waals surface area contributed by atoms with Crippen LogP contribution in [0.2, 0.25) is 0 Å². The van der Waals surface area contributed by atoms with Gasteiger partial charge in [-0.3, -0.25) is 9.59 Å². The average Bonchev–Trinajstić information content (AvgIpc) is 2.61. The topological polar surface area (TPSA) is 43.4 Å². The molecule has 3 nitrogen and oxygen atoms in total. The van der Waals surface area contributed by atoms with Crippen molar-refractivity contribution in [2.75, 3.05) is 0 Å². The maximum atomic E-state index is 11.8. The van der Waals surface area contributed by atoms with Crippen LogP contribution in [0, 0.1) is 28.6 Å². The van der Waals surface area contributed by atoms with Crippen molar-refractivity contribution >= 4 is 11.9 Å². The molecule has 1 saturated heterocycles. The van der Waals surface area contributed by atoms with Gasteiger partial charge in [0.15, 0.2) is 0 Å². The van der Waals surface area contributed by atoms with Gasteiger partial charge in [-0.15, -0.1) is 0 Å². The molecule has 0 radical (unpaired) electrons. The van der Waals surface area contributed by atoms with E-state index in [1.54, 1.807) is 0 Å². The second-order valence-corrected chi connectivity index (χ2v) is 6.04. The Hall–Kier alpha value is -1.12. The minimum absolute atomic E-state index is 0.0263. The van der Waals surface area contributed by atoms with Gasteiger partial charge in [-0.1, -0.05) is 32.4 Å². The average molecular weight is 220 g/mol. The molecule has 3 rings (SSSR count). The van der Waals surface area contributed by atoms with Crippen LogP contribution in [0.4, 0.5) is 0 Å². The Morgan fingerprint density at radius 3 is 2.44 bits per heavy atom. The van der Waals surface area contributed by atoms with Crippen LogP contribution in [0.5, 0.6) is 0 Å². The molecule has 0 aromatic carbocycles. The van der Waals surface area contributed by atoms with E-state index < -0.39 is 0 Å². The molecule has 2 bridgehead atoms. The fourth-order valence-corrected chi connectivity index (χ4v) is 4.17. The molecule has 0 N–H and O–H groups in total. The van der Waals surface area contributed by atoms with E-state index in [4.69, 9.17) is 4.74 Å². The van der Waals surface area contributed by atoms with Crippen molar-refractivity contribution in [1.82, 2.24) is 0 Å². The molecule has 0 spiro atoms. The van der Waals surface area contributed by atoms with E-state index in [2.05, 4.69) is 33.8 Å². The molecule has 4 unspecified atom stereocenters. The lowest BCUT2D eigenvalue weighted by Gasteiger charge is -2.39. The molecule has 3 heteroatoms. The minimum Gasteiger partial charge on any atom is -0.393 e. The van der Waals surface area contributed by atoms with Crippen molar-refractivity contribution in [2.45, 2.75) is 27.7 Å². The van der Waals surface area contributed by atoms with Crippen molar-refractivity contribution in [3.8, 4) is 0 Å². The molecule has 1 saturated carbocycles. The van der Waals surface area contributed by atoms with Gasteiger partial charge in [0.2, 0.25) is 0 Å². The Kier molecular flexibility index (Phi) is 1.52. The number of hydrogen-bond acceptors (Lipinski definition) is 3. The summed E-state index contributed by atoms with van der Waals surface area (Å²) in [6.45, 7) is 8.48. The van der Waals surface area contributed by atoms with E-state index in [1.807, 2.05) is 0 Å². The summed E-state index contributed by atoms with van der Waals surface area (Å²) in [4.78, 5) is 23.5. The number of rotatable bonds is 0. The molecule has 1 aliphatic heterocycles. The summed E-state index contributed by atoms with van der Waals surface area (Å²) in [5.41, 5.74) is 0.989. The van der Waals surface area contributed by atoms with Crippen molar-refractivity contribution in [3.05, 3.63) is 11.6 Å². The second kappa shape index (κ2) is 2.41. The third-order valence-corrected chi connectivity index (χ3v) is 5.52. The molecule has 4 atom stereocenters. The highest BCUT2D eigenvalue weighted by molar-refractivity contribution is 5.99. The van der Waals surface area contributed by atoms with E-state index in [9.17, 15) is 9.59 Å². The van der Waals surface area contributed by atoms with Gasteiger partial charge in [-0.2, -0.15) is 0 Å². The highest BCUT2D eigenvalue weighted by atomic mass is 16.6. The molecule has 2 fully saturated rings. The zero-order chi connectivity index (χ0) is 11.9. The first kappa shape index (κ1) is 10.1. The van der Waals surface area contributed by atoms with E-state index >= 15 is 0 Å². The Morgan fingerprint density at radius 2 is 1.81 bits per heavy atom. The van der Waals surface area contributed by atoms with Crippen molar-refractivity contribution in [1.29, 1.82) is 0 Å². The lowest BCUT2D eigenvalue weighted by molar-refractivity contribution is -0.156. The molecule has 0 amide bonds. The molecule has 86 valence electrons. The largest absolute Gasteiger partial charge is 0.393 e. The van der Waals surface area contributed by atoms with E-state index in [-0.39, 0.29) is 40.5 Å². The molecular weight excluding hydrogens is 204 g/mol. The van der Waals surface area contributed by atoms with Gasteiger partial charge in [0.05, 0.1) is 11.8 Å². The maximum Gasteiger partial charge on any atom is 0.318 e. The number of allylic oxidation sites excluding steroid dienone is 2. The van der Waals surface area contributed by atoms with E-state index in [1.165, 1.54) is 5.57 Å². The molecule has 1 heterocycles. The number of fused-ring (bicyclic) bond motifs is 5. The van der Waals surface area contributed by atoms with Gasteiger partial charge in [-0.25, -0.2) is 0 Å². The Morgan fingerprint density at radius 1 is 1.19 bits per heavy atom. The van der Waals surface area contributed by atoms with Crippen LogP contribution in [0.3, 0.4) is 0 Å². The highest BCUT2D eigenvalue weighted by Crippen LogP contribution is 2.71. The zero-order valence-electron chi connectivity index (χ0n) is 10.0. The van der Waals surface area contributed by atoms with Gasteiger partial charge in [-0.05, 0) is 18.3 Å². The first-order chi connectivity index (χ1) is 7.31. The van der Waals surface area contributed by atoms with Crippen molar-refractivity contribution in [3.63, 3.8) is 0 Å². The summed E-state index contributed by atoms with van der Waals surface area (Å²) in [5.74, 6) is -0.983. The highest BCUT2D eigenvalue weighted by Gasteiger charge is 2.73. The third kappa shape index (κ3) is 0.731. The Bertz CT molecular complexity index is 446. The summed E-state index contributed by atoms with van der Waals surface area (Å²) >= 11 is 0. The minimum atomic E-state index is -0.319. The number of carbonyl (C=O) groups is 2. The van der Waals surface area contributed by atoms with Gasteiger partial charge < -0.3 is 4.74 Å². The lowest BCUT2D eigenvalue weighted by atomic mass is 9.64. The van der Waals surface area contributed by atoms with Crippen LogP contribution in [0.25, 0.3) is 0 Å². The number of cyclic esters (lactones) is 2. The summed E-state index contributed by atoms with van der Waals surface area (Å²) in [6, 6.07) is 0. The van der Waals surface area contributed by atoms with Crippen LogP contribution in [-0.4, -0.2) is 11.9 Å². The van der Waals surface area contributed by atoms with Crippen LogP contribution >= 0.6 is 0 Å². The zero-order valence-corrected chi connectivity index (χ0v) is 10.0. The van der Waals surface area contributed by atoms with Gasteiger partial charge >= 0.3 is 11.9 Å². The lowest BCUT2D eigenvalue weighted by Crippen LogP contribution is -2.37.